The van der Waals surface area contributed by atoms with Crippen LogP contribution in [0.25, 0.3) is 16.8 Å². The number of aryl methyl sites for hydroxylation is 1. The molecule has 1 heterocycles. The van der Waals surface area contributed by atoms with Gasteiger partial charge in [-0.15, -0.1) is 0 Å². The van der Waals surface area contributed by atoms with E-state index in [9.17, 15) is 22.8 Å². The summed E-state index contributed by atoms with van der Waals surface area (Å²) < 4.78 is 37.8. The number of hydrogen-bond acceptors (Lipinski definition) is 7. The van der Waals surface area contributed by atoms with Crippen LogP contribution < -0.4 is 19.1 Å². The lowest BCUT2D eigenvalue weighted by molar-refractivity contribution is -0.122. The molecule has 11 heteroatoms. The molecule has 1 fully saturated rings. The van der Waals surface area contributed by atoms with Gasteiger partial charge in [0.1, 0.15) is 22.8 Å². The number of carbonyl (C=O) groups excluding carboxylic acids is 3. The molecule has 46 heavy (non-hydrogen) atoms. The van der Waals surface area contributed by atoms with E-state index in [-0.39, 0.29) is 28.5 Å². The second-order valence-corrected chi connectivity index (χ2v) is 12.4. The van der Waals surface area contributed by atoms with Crippen molar-refractivity contribution in [2.45, 2.75) is 18.4 Å². The average Bonchev–Trinajstić information content (AvgIpc) is 3.04. The Morgan fingerprint density at radius 1 is 0.826 bits per heavy atom. The number of nitrogens with one attached hydrogen (secondary N) is 1. The topological polar surface area (TPSA) is 119 Å². The first-order valence-corrected chi connectivity index (χ1v) is 15.8. The maximum atomic E-state index is 13.7. The van der Waals surface area contributed by atoms with E-state index in [0.717, 1.165) is 16.0 Å². The van der Waals surface area contributed by atoms with E-state index in [1.165, 1.54) is 36.4 Å². The number of hydrogen-bond donors (Lipinski definition) is 1. The van der Waals surface area contributed by atoms with Gasteiger partial charge < -0.3 is 8.92 Å². The zero-order valence-corrected chi connectivity index (χ0v) is 25.8. The number of ether oxygens (including phenoxy) is 1. The molecule has 5 aromatic rings. The average molecular weight is 653 g/mol. The van der Waals surface area contributed by atoms with Crippen LogP contribution in [0.4, 0.5) is 10.5 Å². The van der Waals surface area contributed by atoms with E-state index in [1.54, 1.807) is 66.7 Å². The van der Waals surface area contributed by atoms with Crippen molar-refractivity contribution in [3.05, 3.63) is 136 Å². The van der Waals surface area contributed by atoms with Crippen molar-refractivity contribution >= 4 is 62.1 Å². The van der Waals surface area contributed by atoms with Crippen LogP contribution in [0.3, 0.4) is 0 Å². The molecule has 0 unspecified atom stereocenters. The van der Waals surface area contributed by atoms with Gasteiger partial charge in [0, 0.05) is 10.6 Å². The summed E-state index contributed by atoms with van der Waals surface area (Å²) in [6.45, 7) is 2.10. The van der Waals surface area contributed by atoms with Crippen molar-refractivity contribution in [2.24, 2.45) is 0 Å². The number of imide groups is 2. The Balaban J connectivity index is 1.33. The van der Waals surface area contributed by atoms with Crippen LogP contribution in [0.5, 0.6) is 11.5 Å². The Morgan fingerprint density at radius 2 is 1.52 bits per heavy atom. The quantitative estimate of drug-likeness (QED) is 0.111. The van der Waals surface area contributed by atoms with Gasteiger partial charge in [0.25, 0.3) is 11.8 Å². The van der Waals surface area contributed by atoms with Crippen LogP contribution in [0.15, 0.2) is 120 Å². The smallest absolute Gasteiger partial charge is 0.339 e. The van der Waals surface area contributed by atoms with Crippen LogP contribution in [-0.4, -0.2) is 26.3 Å². The minimum Gasteiger partial charge on any atom is -0.489 e. The molecule has 0 bridgehead atoms. The number of amides is 4. The predicted molar refractivity (Wildman–Crippen MR) is 174 cm³/mol. The molecule has 6 rings (SSSR count). The Kier molecular flexibility index (Phi) is 8.31. The monoisotopic (exact) mass is 652 g/mol. The van der Waals surface area contributed by atoms with Gasteiger partial charge in [-0.1, -0.05) is 71.8 Å². The fourth-order valence-electron chi connectivity index (χ4n) is 4.84. The first-order chi connectivity index (χ1) is 22.1. The van der Waals surface area contributed by atoms with Gasteiger partial charge in [0.05, 0.1) is 5.69 Å². The molecule has 0 radical (unpaired) electrons. The summed E-state index contributed by atoms with van der Waals surface area (Å²) >= 11 is 5.93. The van der Waals surface area contributed by atoms with Crippen LogP contribution in [-0.2, 0) is 26.3 Å². The van der Waals surface area contributed by atoms with E-state index in [1.807, 2.05) is 19.1 Å². The molecule has 1 N–H and O–H groups in total. The largest absolute Gasteiger partial charge is 0.489 e. The lowest BCUT2D eigenvalue weighted by Crippen LogP contribution is -2.54. The van der Waals surface area contributed by atoms with Gasteiger partial charge in [-0.3, -0.25) is 14.9 Å². The van der Waals surface area contributed by atoms with Gasteiger partial charge in [0.2, 0.25) is 0 Å². The predicted octanol–water partition coefficient (Wildman–Crippen LogP) is 6.81. The van der Waals surface area contributed by atoms with Crippen LogP contribution in [0.2, 0.25) is 5.02 Å². The molecule has 0 aromatic heterocycles. The molecular weight excluding hydrogens is 628 g/mol. The molecule has 0 aliphatic carbocycles. The number of benzene rings is 5. The second-order valence-electron chi connectivity index (χ2n) is 10.4. The highest BCUT2D eigenvalue weighted by Crippen LogP contribution is 2.34. The number of carbonyl (C=O) groups is 3. The molecular formula is C35H25ClN2O7S. The second kappa shape index (κ2) is 12.5. The fourth-order valence-corrected chi connectivity index (χ4v) is 5.92. The highest BCUT2D eigenvalue weighted by atomic mass is 35.5. The van der Waals surface area contributed by atoms with E-state index in [4.69, 9.17) is 20.5 Å². The minimum absolute atomic E-state index is 0.0614. The summed E-state index contributed by atoms with van der Waals surface area (Å²) in [4.78, 5) is 40.4. The molecule has 0 spiro atoms. The molecule has 230 valence electrons. The lowest BCUT2D eigenvalue weighted by Gasteiger charge is -2.26. The van der Waals surface area contributed by atoms with Gasteiger partial charge in [-0.25, -0.2) is 9.69 Å². The lowest BCUT2D eigenvalue weighted by atomic mass is 10.00. The van der Waals surface area contributed by atoms with Gasteiger partial charge in [0.15, 0.2) is 5.75 Å². The van der Waals surface area contributed by atoms with E-state index < -0.39 is 33.5 Å². The number of nitrogens with zero attached hydrogens (tertiary/aromatic N) is 1. The van der Waals surface area contributed by atoms with E-state index in [2.05, 4.69) is 5.32 Å². The van der Waals surface area contributed by atoms with E-state index >= 15 is 0 Å². The van der Waals surface area contributed by atoms with Crippen LogP contribution in [0, 0.1) is 6.92 Å². The third-order valence-electron chi connectivity index (χ3n) is 7.24. The highest BCUT2D eigenvalue weighted by molar-refractivity contribution is 7.87. The van der Waals surface area contributed by atoms with Crippen molar-refractivity contribution in [1.29, 1.82) is 0 Å². The Hall–Kier alpha value is -5.45. The van der Waals surface area contributed by atoms with Crippen molar-refractivity contribution in [2.75, 3.05) is 4.90 Å². The third-order valence-corrected chi connectivity index (χ3v) is 8.74. The highest BCUT2D eigenvalue weighted by Gasteiger charge is 2.37. The summed E-state index contributed by atoms with van der Waals surface area (Å²) in [5, 5.41) is 4.05. The zero-order valence-electron chi connectivity index (χ0n) is 24.3. The minimum atomic E-state index is -4.28. The zero-order chi connectivity index (χ0) is 32.4. The molecule has 1 aliphatic heterocycles. The first-order valence-electron chi connectivity index (χ1n) is 14.0. The Labute approximate surface area is 269 Å². The molecule has 4 amide bonds. The van der Waals surface area contributed by atoms with Crippen LogP contribution in [0.1, 0.15) is 16.7 Å². The number of fused-ring (bicyclic) bond motifs is 1. The summed E-state index contributed by atoms with van der Waals surface area (Å²) in [5.41, 5.74) is 1.74. The summed E-state index contributed by atoms with van der Waals surface area (Å²) in [6.07, 6.45) is 1.24. The number of anilines is 1. The fraction of sp³-hybridized carbons (Fsp3) is 0.0571. The Morgan fingerprint density at radius 3 is 2.24 bits per heavy atom. The van der Waals surface area contributed by atoms with Gasteiger partial charge in [-0.2, -0.15) is 8.42 Å². The number of halogens is 1. The van der Waals surface area contributed by atoms with Crippen molar-refractivity contribution in [1.82, 2.24) is 5.32 Å². The number of barbiturate groups is 1. The SMILES string of the molecule is Cc1ccc(S(=O)(=O)Oc2ccc3ccccc3c2/C=C2\C(=O)NC(=O)N(c3ccc(OCc4ccc(Cl)cc4)cc3)C2=O)cc1. The number of urea groups is 1. The molecule has 1 aliphatic rings. The summed E-state index contributed by atoms with van der Waals surface area (Å²) in [5.74, 6) is -1.45. The number of rotatable bonds is 8. The summed E-state index contributed by atoms with van der Waals surface area (Å²) in [7, 11) is -4.28. The standard InChI is InChI=1S/C35H25ClN2O7S/c1-22-6-17-28(18-7-22)46(42,43)45-32-19-10-24-4-2-3-5-29(24)30(32)20-31-33(39)37-35(41)38(34(31)40)26-13-15-27(16-14-26)44-21-23-8-11-25(36)12-9-23/h2-20H,21H2,1H3,(H,37,39,41)/b31-20+. The van der Waals surface area contributed by atoms with Gasteiger partial charge in [-0.05, 0) is 83.9 Å². The maximum Gasteiger partial charge on any atom is 0.339 e. The van der Waals surface area contributed by atoms with Crippen molar-refractivity contribution in [3.63, 3.8) is 0 Å². The summed E-state index contributed by atoms with van der Waals surface area (Å²) in [6, 6.07) is 28.8. The van der Waals surface area contributed by atoms with E-state index in [0.29, 0.717) is 21.5 Å². The molecule has 0 saturated carbocycles. The van der Waals surface area contributed by atoms with Crippen molar-refractivity contribution < 1.29 is 31.7 Å². The molecule has 5 aromatic carbocycles. The third kappa shape index (κ3) is 6.35. The van der Waals surface area contributed by atoms with Crippen LogP contribution >= 0.6 is 11.6 Å². The normalized spacial score (nSPS) is 14.4. The Bertz CT molecular complexity index is 2130. The molecule has 9 nitrogen and oxygen atoms in total. The first kappa shape index (κ1) is 30.6. The maximum absolute atomic E-state index is 13.7. The molecule has 1 saturated heterocycles. The molecule has 0 atom stereocenters. The van der Waals surface area contributed by atoms with Gasteiger partial charge >= 0.3 is 16.1 Å². The van der Waals surface area contributed by atoms with Crippen molar-refractivity contribution in [3.8, 4) is 11.5 Å².